The molecule has 0 aliphatic carbocycles. The highest BCUT2D eigenvalue weighted by atomic mass is 16.5. The summed E-state index contributed by atoms with van der Waals surface area (Å²) in [5, 5.41) is 3.19. The van der Waals surface area contributed by atoms with E-state index in [4.69, 9.17) is 4.74 Å². The molecule has 1 N–H and O–H groups in total. The second kappa shape index (κ2) is 9.19. The number of nitrogens with zero attached hydrogens (tertiary/aromatic N) is 3. The number of ether oxygens (including phenoxy) is 1. The normalized spacial score (nSPS) is 10.7. The van der Waals surface area contributed by atoms with Gasteiger partial charge < -0.3 is 15.0 Å². The Morgan fingerprint density at radius 3 is 2.45 bits per heavy atom. The van der Waals surface area contributed by atoms with E-state index in [0.717, 1.165) is 11.4 Å². The van der Waals surface area contributed by atoms with Gasteiger partial charge in [0.05, 0.1) is 11.8 Å². The van der Waals surface area contributed by atoms with Crippen LogP contribution in [0.25, 0.3) is 0 Å². The van der Waals surface area contributed by atoms with Crippen molar-refractivity contribution in [2.45, 2.75) is 33.8 Å². The van der Waals surface area contributed by atoms with E-state index < -0.39 is 0 Å². The van der Waals surface area contributed by atoms with E-state index in [1.54, 1.807) is 11.0 Å². The number of rotatable bonds is 7. The summed E-state index contributed by atoms with van der Waals surface area (Å²) < 4.78 is 5.85. The molecular weight excluding hydrogens is 364 g/mol. The predicted octanol–water partition coefficient (Wildman–Crippen LogP) is 4.98. The molecule has 150 valence electrons. The minimum absolute atomic E-state index is 0.0394. The monoisotopic (exact) mass is 390 g/mol. The summed E-state index contributed by atoms with van der Waals surface area (Å²) in [5.74, 6) is 0.899. The average Bonchev–Trinajstić information content (AvgIpc) is 2.70. The maximum Gasteiger partial charge on any atom is 0.277 e. The number of carbonyl (C=O) groups excluding carboxylic acids is 1. The van der Waals surface area contributed by atoms with Crippen LogP contribution < -0.4 is 15.0 Å². The number of hydrogen-bond acceptors (Lipinski definition) is 5. The molecule has 3 aromatic rings. The number of hydrogen-bond donors (Lipinski definition) is 1. The van der Waals surface area contributed by atoms with Crippen LogP contribution in [0.3, 0.4) is 0 Å². The van der Waals surface area contributed by atoms with Gasteiger partial charge in [-0.05, 0) is 58.0 Å². The molecule has 6 nitrogen and oxygen atoms in total. The SMILES string of the molecule is CCN(C(=O)c1cc(C)nc(Nc2ccccc2OC(C)C)n1)c1ccccc1. The zero-order valence-corrected chi connectivity index (χ0v) is 17.2. The Morgan fingerprint density at radius 2 is 1.76 bits per heavy atom. The molecule has 0 unspecified atom stereocenters. The van der Waals surface area contributed by atoms with Crippen molar-refractivity contribution in [1.82, 2.24) is 9.97 Å². The molecule has 0 aliphatic heterocycles. The van der Waals surface area contributed by atoms with Gasteiger partial charge in [-0.25, -0.2) is 9.97 Å². The quantitative estimate of drug-likeness (QED) is 0.616. The van der Waals surface area contributed by atoms with Crippen LogP contribution >= 0.6 is 0 Å². The van der Waals surface area contributed by atoms with Crippen molar-refractivity contribution in [2.24, 2.45) is 0 Å². The molecule has 6 heteroatoms. The molecule has 0 radical (unpaired) electrons. The summed E-state index contributed by atoms with van der Waals surface area (Å²) >= 11 is 0. The van der Waals surface area contributed by atoms with Crippen LogP contribution in [0, 0.1) is 6.92 Å². The van der Waals surface area contributed by atoms with Crippen LogP contribution in [-0.2, 0) is 0 Å². The van der Waals surface area contributed by atoms with E-state index >= 15 is 0 Å². The Bertz CT molecular complexity index is 974. The van der Waals surface area contributed by atoms with Gasteiger partial charge in [-0.3, -0.25) is 4.79 Å². The molecule has 2 aromatic carbocycles. The number of amides is 1. The fourth-order valence-corrected chi connectivity index (χ4v) is 2.97. The maximum absolute atomic E-state index is 13.1. The van der Waals surface area contributed by atoms with Gasteiger partial charge in [-0.1, -0.05) is 30.3 Å². The fraction of sp³-hybridized carbons (Fsp3) is 0.261. The molecule has 0 atom stereocenters. The number of aryl methyl sites for hydroxylation is 1. The number of carbonyl (C=O) groups is 1. The number of benzene rings is 2. The van der Waals surface area contributed by atoms with E-state index in [-0.39, 0.29) is 12.0 Å². The van der Waals surface area contributed by atoms with Crippen molar-refractivity contribution in [2.75, 3.05) is 16.8 Å². The lowest BCUT2D eigenvalue weighted by molar-refractivity contribution is 0.0983. The molecule has 0 spiro atoms. The first-order valence-corrected chi connectivity index (χ1v) is 9.73. The van der Waals surface area contributed by atoms with Crippen LogP contribution in [0.1, 0.15) is 37.0 Å². The Hall–Kier alpha value is -3.41. The highest BCUT2D eigenvalue weighted by Gasteiger charge is 2.19. The summed E-state index contributed by atoms with van der Waals surface area (Å²) in [5.41, 5.74) is 2.63. The first-order valence-electron chi connectivity index (χ1n) is 9.73. The maximum atomic E-state index is 13.1. The zero-order valence-electron chi connectivity index (χ0n) is 17.2. The lowest BCUT2D eigenvalue weighted by Crippen LogP contribution is -2.31. The van der Waals surface area contributed by atoms with Crippen LogP contribution in [0.2, 0.25) is 0 Å². The first-order chi connectivity index (χ1) is 14.0. The fourth-order valence-electron chi connectivity index (χ4n) is 2.97. The van der Waals surface area contributed by atoms with Crippen molar-refractivity contribution < 1.29 is 9.53 Å². The van der Waals surface area contributed by atoms with E-state index in [2.05, 4.69) is 15.3 Å². The van der Waals surface area contributed by atoms with Crippen LogP contribution in [0.5, 0.6) is 5.75 Å². The van der Waals surface area contributed by atoms with Crippen LogP contribution in [-0.4, -0.2) is 28.5 Å². The molecule has 1 aromatic heterocycles. The third-order valence-electron chi connectivity index (χ3n) is 4.20. The van der Waals surface area contributed by atoms with Gasteiger partial charge in [0.25, 0.3) is 5.91 Å². The van der Waals surface area contributed by atoms with Gasteiger partial charge in [0, 0.05) is 17.9 Å². The second-order valence-corrected chi connectivity index (χ2v) is 6.89. The molecule has 29 heavy (non-hydrogen) atoms. The zero-order chi connectivity index (χ0) is 20.8. The highest BCUT2D eigenvalue weighted by Crippen LogP contribution is 2.27. The Morgan fingerprint density at radius 1 is 1.07 bits per heavy atom. The standard InChI is InChI=1S/C23H26N4O2/c1-5-27(18-11-7-6-8-12-18)22(28)20-15-17(4)24-23(26-20)25-19-13-9-10-14-21(19)29-16(2)3/h6-16H,5H2,1-4H3,(H,24,25,26). The molecule has 0 saturated heterocycles. The highest BCUT2D eigenvalue weighted by molar-refractivity contribution is 6.05. The Kier molecular flexibility index (Phi) is 6.44. The van der Waals surface area contributed by atoms with Crippen LogP contribution in [0.15, 0.2) is 60.7 Å². The van der Waals surface area contributed by atoms with Gasteiger partial charge in [-0.2, -0.15) is 0 Å². The smallest absolute Gasteiger partial charge is 0.277 e. The molecule has 0 fully saturated rings. The van der Waals surface area contributed by atoms with Gasteiger partial charge in [0.2, 0.25) is 5.95 Å². The second-order valence-electron chi connectivity index (χ2n) is 6.89. The summed E-state index contributed by atoms with van der Waals surface area (Å²) in [6.45, 7) is 8.27. The summed E-state index contributed by atoms with van der Waals surface area (Å²) in [6, 6.07) is 18.9. The molecule has 0 bridgehead atoms. The van der Waals surface area contributed by atoms with Gasteiger partial charge in [0.1, 0.15) is 11.4 Å². The van der Waals surface area contributed by atoms with Gasteiger partial charge >= 0.3 is 0 Å². The lowest BCUT2D eigenvalue weighted by Gasteiger charge is -2.21. The van der Waals surface area contributed by atoms with Crippen molar-refractivity contribution >= 4 is 23.2 Å². The van der Waals surface area contributed by atoms with E-state index in [1.165, 1.54) is 0 Å². The summed E-state index contributed by atoms with van der Waals surface area (Å²) in [4.78, 5) is 23.7. The average molecular weight is 390 g/mol. The molecule has 0 saturated carbocycles. The number of nitrogens with one attached hydrogen (secondary N) is 1. The molecule has 3 rings (SSSR count). The predicted molar refractivity (Wildman–Crippen MR) is 116 cm³/mol. The third kappa shape index (κ3) is 5.10. The van der Waals surface area contributed by atoms with Crippen molar-refractivity contribution in [3.05, 3.63) is 72.1 Å². The molecule has 0 aliphatic rings. The minimum Gasteiger partial charge on any atom is -0.489 e. The lowest BCUT2D eigenvalue weighted by atomic mass is 10.2. The largest absolute Gasteiger partial charge is 0.489 e. The van der Waals surface area contributed by atoms with E-state index in [1.807, 2.05) is 82.3 Å². The number of aromatic nitrogens is 2. The van der Waals surface area contributed by atoms with Crippen molar-refractivity contribution in [3.8, 4) is 5.75 Å². The molecule has 1 amide bonds. The summed E-state index contributed by atoms with van der Waals surface area (Å²) in [7, 11) is 0. The number of para-hydroxylation sites is 3. The minimum atomic E-state index is -0.168. The van der Waals surface area contributed by atoms with E-state index in [9.17, 15) is 4.79 Å². The Labute approximate surface area is 171 Å². The molecular formula is C23H26N4O2. The van der Waals surface area contributed by atoms with Gasteiger partial charge in [-0.15, -0.1) is 0 Å². The summed E-state index contributed by atoms with van der Waals surface area (Å²) in [6.07, 6.45) is 0.0394. The Balaban J connectivity index is 1.90. The van der Waals surface area contributed by atoms with Crippen LogP contribution in [0.4, 0.5) is 17.3 Å². The van der Waals surface area contributed by atoms with Gasteiger partial charge in [0.15, 0.2) is 0 Å². The topological polar surface area (TPSA) is 67.4 Å². The first kappa shape index (κ1) is 20.3. The third-order valence-corrected chi connectivity index (χ3v) is 4.20. The van der Waals surface area contributed by atoms with Crippen molar-refractivity contribution in [3.63, 3.8) is 0 Å². The molecule has 1 heterocycles. The number of anilines is 3. The van der Waals surface area contributed by atoms with Crippen molar-refractivity contribution in [1.29, 1.82) is 0 Å². The van der Waals surface area contributed by atoms with E-state index in [0.29, 0.717) is 29.6 Å².